The van der Waals surface area contributed by atoms with Gasteiger partial charge in [0.05, 0.1) is 11.0 Å². The molecule has 4 aliphatic rings. The summed E-state index contributed by atoms with van der Waals surface area (Å²) in [6.45, 7) is 9.00. The Hall–Kier alpha value is -5.41. The third kappa shape index (κ3) is 9.73. The average molecular weight is 826 g/mol. The summed E-state index contributed by atoms with van der Waals surface area (Å²) in [5.74, 6) is -0.311. The molecule has 0 saturated carbocycles. The SMILES string of the molecule is COCC[N+](CCOC)=c1ccc2c(-c3ccccc3)c(C)c(/C=C/C=C3/N(CCCCCC(=O)ON4C(=O)CCC4=O)c4ccc(S(=O)(=O)[O-])cc4C3(C)C)oc-2c1. The summed E-state index contributed by atoms with van der Waals surface area (Å²) in [5.41, 5.74) is 5.71. The van der Waals surface area contributed by atoms with Gasteiger partial charge in [0.15, 0.2) is 13.1 Å². The molecule has 0 N–H and O–H groups in total. The maximum atomic E-state index is 12.4. The van der Waals surface area contributed by atoms with Gasteiger partial charge in [-0.15, -0.1) is 5.06 Å². The van der Waals surface area contributed by atoms with Gasteiger partial charge < -0.3 is 28.2 Å². The molecule has 2 aromatic carbocycles. The zero-order valence-corrected chi connectivity index (χ0v) is 35.0. The third-order valence-electron chi connectivity index (χ3n) is 10.9. The molecule has 312 valence electrons. The van der Waals surface area contributed by atoms with Crippen molar-refractivity contribution in [1.82, 2.24) is 9.64 Å². The number of anilines is 1. The van der Waals surface area contributed by atoms with E-state index in [2.05, 4.69) is 33.7 Å². The molecule has 2 amide bonds. The second-order valence-corrected chi connectivity index (χ2v) is 16.5. The molecule has 1 saturated heterocycles. The van der Waals surface area contributed by atoms with Crippen LogP contribution in [0.2, 0.25) is 0 Å². The highest BCUT2D eigenvalue weighted by atomic mass is 32.2. The number of carbonyl (C=O) groups excluding carboxylic acids is 3. The van der Waals surface area contributed by atoms with Gasteiger partial charge in [-0.2, -0.15) is 0 Å². The lowest BCUT2D eigenvalue weighted by Crippen LogP contribution is -2.35. The number of benzene rings is 3. The van der Waals surface area contributed by atoms with Crippen LogP contribution in [0.4, 0.5) is 5.69 Å². The van der Waals surface area contributed by atoms with Crippen molar-refractivity contribution < 1.29 is 46.1 Å². The normalized spacial score (nSPS) is 15.9. The second-order valence-electron chi connectivity index (χ2n) is 15.2. The van der Waals surface area contributed by atoms with Crippen LogP contribution in [0.5, 0.6) is 0 Å². The minimum atomic E-state index is -4.70. The van der Waals surface area contributed by atoms with Crippen molar-refractivity contribution in [3.05, 3.63) is 107 Å². The van der Waals surface area contributed by atoms with E-state index in [1.165, 1.54) is 12.1 Å². The summed E-state index contributed by atoms with van der Waals surface area (Å²) in [4.78, 5) is 42.9. The van der Waals surface area contributed by atoms with Crippen LogP contribution in [-0.4, -0.2) is 82.9 Å². The van der Waals surface area contributed by atoms with Gasteiger partial charge in [0.1, 0.15) is 34.9 Å². The number of ether oxygens (including phenoxy) is 2. The van der Waals surface area contributed by atoms with Crippen molar-refractivity contribution in [3.8, 4) is 22.5 Å². The van der Waals surface area contributed by atoms with Gasteiger partial charge in [-0.25, -0.2) is 17.8 Å². The Bertz CT molecular complexity index is 2390. The van der Waals surface area contributed by atoms with Crippen molar-refractivity contribution >= 4 is 39.7 Å². The maximum absolute atomic E-state index is 12.4. The quantitative estimate of drug-likeness (QED) is 0.0517. The largest absolute Gasteiger partial charge is 0.744 e. The van der Waals surface area contributed by atoms with Crippen molar-refractivity contribution in [2.45, 2.75) is 69.6 Å². The topological polar surface area (TPSA) is 159 Å². The van der Waals surface area contributed by atoms with Crippen LogP contribution in [0.25, 0.3) is 28.5 Å². The van der Waals surface area contributed by atoms with Gasteiger partial charge in [0.25, 0.3) is 11.8 Å². The van der Waals surface area contributed by atoms with Crippen molar-refractivity contribution in [2.75, 3.05) is 52.0 Å². The average Bonchev–Trinajstić information content (AvgIpc) is 3.63. The summed E-state index contributed by atoms with van der Waals surface area (Å²) >= 11 is 0. The Kier molecular flexibility index (Phi) is 13.7. The molecule has 1 aliphatic carbocycles. The predicted octanol–water partition coefficient (Wildman–Crippen LogP) is 6.19. The van der Waals surface area contributed by atoms with E-state index in [0.29, 0.717) is 74.3 Å². The number of carbonyl (C=O) groups is 3. The minimum absolute atomic E-state index is 0.0312. The molecule has 1 fully saturated rings. The number of hydrogen-bond acceptors (Lipinski definition) is 11. The molecule has 0 radical (unpaired) electrons. The summed E-state index contributed by atoms with van der Waals surface area (Å²) in [7, 11) is -1.34. The minimum Gasteiger partial charge on any atom is -0.744 e. The zero-order chi connectivity index (χ0) is 42.3. The molecular weight excluding hydrogens is 775 g/mol. The summed E-state index contributed by atoms with van der Waals surface area (Å²) in [5, 5.41) is 1.53. The Morgan fingerprint density at radius 2 is 1.63 bits per heavy atom. The van der Waals surface area contributed by atoms with Gasteiger partial charge in [0.2, 0.25) is 5.36 Å². The van der Waals surface area contributed by atoms with Gasteiger partial charge in [-0.05, 0) is 72.9 Å². The smallest absolute Gasteiger partial charge is 0.333 e. The number of methoxy groups -OCH3 is 2. The van der Waals surface area contributed by atoms with Crippen LogP contribution in [0, 0.1) is 6.92 Å². The van der Waals surface area contributed by atoms with E-state index in [-0.39, 0.29) is 24.2 Å². The predicted molar refractivity (Wildman–Crippen MR) is 222 cm³/mol. The lowest BCUT2D eigenvalue weighted by Gasteiger charge is -2.27. The Labute approximate surface area is 345 Å². The van der Waals surface area contributed by atoms with E-state index >= 15 is 0 Å². The summed E-state index contributed by atoms with van der Waals surface area (Å²) in [6.07, 6.45) is 7.70. The second kappa shape index (κ2) is 18.7. The highest BCUT2D eigenvalue weighted by Gasteiger charge is 2.40. The van der Waals surface area contributed by atoms with Crippen molar-refractivity contribution in [2.24, 2.45) is 0 Å². The highest BCUT2D eigenvalue weighted by molar-refractivity contribution is 7.85. The van der Waals surface area contributed by atoms with Gasteiger partial charge >= 0.3 is 5.97 Å². The van der Waals surface area contributed by atoms with Crippen LogP contribution < -0.4 is 14.8 Å². The zero-order valence-electron chi connectivity index (χ0n) is 34.2. The number of unbranched alkanes of at least 4 members (excludes halogenated alkanes) is 2. The number of hydroxylamine groups is 2. The molecule has 13 nitrogen and oxygen atoms in total. The lowest BCUT2D eigenvalue weighted by atomic mass is 9.83. The monoisotopic (exact) mass is 825 g/mol. The summed E-state index contributed by atoms with van der Waals surface area (Å²) < 4.78 is 55.9. The van der Waals surface area contributed by atoms with Gasteiger partial charge in [0, 0.05) is 74.0 Å². The fraction of sp³-hybridized carbons (Fsp3) is 0.378. The van der Waals surface area contributed by atoms with E-state index in [9.17, 15) is 27.4 Å². The molecule has 14 heteroatoms. The van der Waals surface area contributed by atoms with Crippen LogP contribution in [0.1, 0.15) is 69.3 Å². The van der Waals surface area contributed by atoms with E-state index < -0.39 is 33.3 Å². The maximum Gasteiger partial charge on any atom is 0.333 e. The number of allylic oxidation sites excluding steroid dienone is 3. The number of imide groups is 1. The van der Waals surface area contributed by atoms with Crippen LogP contribution in [0.15, 0.2) is 93.9 Å². The molecule has 0 bridgehead atoms. The molecule has 6 rings (SSSR count). The molecule has 0 unspecified atom stereocenters. The molecular formula is C45H51N3O10S. The standard InChI is InChI=1S/C45H51N3O10S/c1-31-38(57-39-29-33(46(25-27-55-4)26-28-56-5)18-20-35(39)44(31)32-13-8-6-9-14-32)15-12-16-40-45(2,3)36-30-34(59(52,53)54)19-21-37(36)47(40)24-11-7-10-17-43(51)58-48-41(49)22-23-42(48)50/h6,8-9,12-16,18-21,29-30H,7,10-11,17,22-28H2,1-5H3. The Morgan fingerprint density at radius 3 is 2.29 bits per heavy atom. The molecule has 0 atom stereocenters. The molecule has 3 heterocycles. The fourth-order valence-electron chi connectivity index (χ4n) is 7.73. The molecule has 3 aliphatic heterocycles. The number of fused-ring (bicyclic) bond motifs is 2. The van der Waals surface area contributed by atoms with Crippen LogP contribution >= 0.6 is 0 Å². The number of nitrogens with zero attached hydrogens (tertiary/aromatic N) is 3. The Morgan fingerprint density at radius 1 is 0.932 bits per heavy atom. The highest BCUT2D eigenvalue weighted by Crippen LogP contribution is 2.49. The number of hydrogen-bond donors (Lipinski definition) is 0. The first kappa shape index (κ1) is 43.2. The first-order chi connectivity index (χ1) is 28.2. The first-order valence-electron chi connectivity index (χ1n) is 19.8. The molecule has 0 aromatic heterocycles. The molecule has 0 spiro atoms. The molecule has 59 heavy (non-hydrogen) atoms. The van der Waals surface area contributed by atoms with Crippen molar-refractivity contribution in [1.29, 1.82) is 0 Å². The third-order valence-corrected chi connectivity index (χ3v) is 11.7. The summed E-state index contributed by atoms with van der Waals surface area (Å²) in [6, 6.07) is 20.9. The van der Waals surface area contributed by atoms with Crippen LogP contribution in [-0.2, 0) is 44.2 Å². The lowest BCUT2D eigenvalue weighted by molar-refractivity contribution is -0.197. The molecule has 2 aromatic rings. The van der Waals surface area contributed by atoms with E-state index in [1.54, 1.807) is 20.3 Å². The van der Waals surface area contributed by atoms with Crippen LogP contribution in [0.3, 0.4) is 0 Å². The van der Waals surface area contributed by atoms with Gasteiger partial charge in [-0.1, -0.05) is 56.7 Å². The first-order valence-corrected chi connectivity index (χ1v) is 21.2. The van der Waals surface area contributed by atoms with Gasteiger partial charge in [-0.3, -0.25) is 9.59 Å². The Balaban J connectivity index is 1.33. The fourth-order valence-corrected chi connectivity index (χ4v) is 8.22. The van der Waals surface area contributed by atoms with Crippen molar-refractivity contribution in [3.63, 3.8) is 0 Å². The number of amides is 2. The van der Waals surface area contributed by atoms with E-state index in [1.807, 2.05) is 63.3 Å². The van der Waals surface area contributed by atoms with E-state index in [4.69, 9.17) is 18.7 Å². The number of rotatable bonds is 17. The van der Waals surface area contributed by atoms with E-state index in [0.717, 1.165) is 39.0 Å².